The molecule has 0 bridgehead atoms. The molecule has 1 heterocycles. The van der Waals surface area contributed by atoms with Crippen molar-refractivity contribution in [2.24, 2.45) is 5.92 Å². The Morgan fingerprint density at radius 3 is 2.31 bits per heavy atom. The molecule has 29 heavy (non-hydrogen) atoms. The third-order valence-corrected chi connectivity index (χ3v) is 7.68. The van der Waals surface area contributed by atoms with Crippen molar-refractivity contribution < 1.29 is 22.5 Å². The fourth-order valence-electron chi connectivity index (χ4n) is 3.71. The fourth-order valence-corrected chi connectivity index (χ4v) is 4.34. The van der Waals surface area contributed by atoms with Crippen molar-refractivity contribution in [3.8, 4) is 5.75 Å². The average molecular weight is 423 g/mol. The van der Waals surface area contributed by atoms with Gasteiger partial charge in [0, 0.05) is 11.2 Å². The standard InChI is InChI=1S/C21H34BNO5S/c1-6-29(24,25)23-17-12-13-19(26-15-16-10-8-7-9-11-16)18(14-17)22-27-20(2,3)21(4,5)28-22/h12-14,16,23H,6-11,15H2,1-5H3. The summed E-state index contributed by atoms with van der Waals surface area (Å²) in [4.78, 5) is 0. The van der Waals surface area contributed by atoms with Gasteiger partial charge in [0.2, 0.25) is 10.0 Å². The molecule has 3 rings (SSSR count). The number of hydrogen-bond acceptors (Lipinski definition) is 5. The van der Waals surface area contributed by atoms with Crippen LogP contribution in [0.5, 0.6) is 5.75 Å². The maximum Gasteiger partial charge on any atom is 0.498 e. The van der Waals surface area contributed by atoms with Gasteiger partial charge in [-0.25, -0.2) is 8.42 Å². The summed E-state index contributed by atoms with van der Waals surface area (Å²) >= 11 is 0. The molecule has 1 aromatic rings. The maximum atomic E-state index is 12.0. The molecule has 8 heteroatoms. The number of ether oxygens (including phenoxy) is 1. The number of sulfonamides is 1. The first-order chi connectivity index (χ1) is 13.5. The second-order valence-electron chi connectivity index (χ2n) is 9.16. The second-order valence-corrected chi connectivity index (χ2v) is 11.2. The first kappa shape index (κ1) is 22.4. The molecule has 1 aliphatic heterocycles. The molecule has 1 aliphatic carbocycles. The van der Waals surface area contributed by atoms with Gasteiger partial charge in [-0.2, -0.15) is 0 Å². The zero-order valence-corrected chi connectivity index (χ0v) is 19.1. The molecule has 0 atom stereocenters. The van der Waals surface area contributed by atoms with E-state index in [1.165, 1.54) is 32.1 Å². The molecule has 1 N–H and O–H groups in total. The lowest BCUT2D eigenvalue weighted by molar-refractivity contribution is 0.00578. The van der Waals surface area contributed by atoms with Gasteiger partial charge in [-0.3, -0.25) is 4.72 Å². The summed E-state index contributed by atoms with van der Waals surface area (Å²) in [6, 6.07) is 5.32. The van der Waals surface area contributed by atoms with Crippen molar-refractivity contribution in [3.63, 3.8) is 0 Å². The predicted octanol–water partition coefficient (Wildman–Crippen LogP) is 3.71. The smallest absolute Gasteiger partial charge is 0.494 e. The molecule has 0 aromatic heterocycles. The van der Waals surface area contributed by atoms with Crippen molar-refractivity contribution >= 4 is 28.3 Å². The topological polar surface area (TPSA) is 73.9 Å². The lowest BCUT2D eigenvalue weighted by Gasteiger charge is -2.32. The highest BCUT2D eigenvalue weighted by Gasteiger charge is 2.52. The van der Waals surface area contributed by atoms with E-state index in [4.69, 9.17) is 14.0 Å². The van der Waals surface area contributed by atoms with Gasteiger partial charge in [0.15, 0.2) is 0 Å². The minimum Gasteiger partial charge on any atom is -0.494 e. The van der Waals surface area contributed by atoms with Crippen molar-refractivity contribution in [3.05, 3.63) is 18.2 Å². The van der Waals surface area contributed by atoms with Crippen molar-refractivity contribution in [2.45, 2.75) is 77.9 Å². The Hall–Kier alpha value is -1.25. The van der Waals surface area contributed by atoms with Crippen LogP contribution in [0.2, 0.25) is 0 Å². The molecule has 0 unspecified atom stereocenters. The number of benzene rings is 1. The Morgan fingerprint density at radius 1 is 1.10 bits per heavy atom. The Balaban J connectivity index is 1.86. The summed E-state index contributed by atoms with van der Waals surface area (Å²) in [6.07, 6.45) is 6.22. The van der Waals surface area contributed by atoms with E-state index in [0.717, 1.165) is 5.46 Å². The average Bonchev–Trinajstić information content (AvgIpc) is 2.88. The summed E-state index contributed by atoms with van der Waals surface area (Å²) in [5.74, 6) is 1.26. The van der Waals surface area contributed by atoms with Crippen molar-refractivity contribution in [1.29, 1.82) is 0 Å². The first-order valence-electron chi connectivity index (χ1n) is 10.7. The van der Waals surface area contributed by atoms with E-state index < -0.39 is 28.3 Å². The number of hydrogen-bond donors (Lipinski definition) is 1. The highest BCUT2D eigenvalue weighted by molar-refractivity contribution is 7.92. The third kappa shape index (κ3) is 5.27. The van der Waals surface area contributed by atoms with Crippen LogP contribution >= 0.6 is 0 Å². The zero-order chi connectivity index (χ0) is 21.3. The molecule has 2 fully saturated rings. The van der Waals surface area contributed by atoms with Gasteiger partial charge in [0.25, 0.3) is 0 Å². The maximum absolute atomic E-state index is 12.0. The molecule has 0 radical (unpaired) electrons. The number of nitrogens with one attached hydrogen (secondary N) is 1. The van der Waals surface area contributed by atoms with Gasteiger partial charge in [0.1, 0.15) is 5.75 Å². The van der Waals surface area contributed by atoms with Crippen LogP contribution in [0.25, 0.3) is 0 Å². The summed E-state index contributed by atoms with van der Waals surface area (Å²) in [5.41, 5.74) is 0.228. The van der Waals surface area contributed by atoms with E-state index in [2.05, 4.69) is 4.72 Å². The molecule has 2 aliphatic rings. The minimum atomic E-state index is -3.37. The highest BCUT2D eigenvalue weighted by Crippen LogP contribution is 2.37. The Kier molecular flexibility index (Phi) is 6.56. The van der Waals surface area contributed by atoms with E-state index in [-0.39, 0.29) is 5.75 Å². The second kappa shape index (κ2) is 8.48. The van der Waals surface area contributed by atoms with E-state index >= 15 is 0 Å². The molecule has 6 nitrogen and oxygen atoms in total. The van der Waals surface area contributed by atoms with Crippen LogP contribution < -0.4 is 14.9 Å². The van der Waals surface area contributed by atoms with Crippen LogP contribution in [0.4, 0.5) is 5.69 Å². The van der Waals surface area contributed by atoms with Crippen LogP contribution in [0.15, 0.2) is 18.2 Å². The molecule has 1 aromatic carbocycles. The number of rotatable bonds is 7. The van der Waals surface area contributed by atoms with E-state index in [1.807, 2.05) is 33.8 Å². The van der Waals surface area contributed by atoms with E-state index in [1.54, 1.807) is 19.1 Å². The fraction of sp³-hybridized carbons (Fsp3) is 0.714. The molecule has 0 amide bonds. The quantitative estimate of drug-likeness (QED) is 0.677. The lowest BCUT2D eigenvalue weighted by atomic mass is 9.78. The van der Waals surface area contributed by atoms with Crippen molar-refractivity contribution in [1.82, 2.24) is 0 Å². The first-order valence-corrected chi connectivity index (χ1v) is 12.3. The van der Waals surface area contributed by atoms with Gasteiger partial charge in [-0.05, 0) is 71.6 Å². The van der Waals surface area contributed by atoms with Crippen LogP contribution in [-0.2, 0) is 19.3 Å². The lowest BCUT2D eigenvalue weighted by Crippen LogP contribution is -2.41. The number of anilines is 1. The molecular weight excluding hydrogens is 389 g/mol. The van der Waals surface area contributed by atoms with Crippen LogP contribution in [0, 0.1) is 5.92 Å². The van der Waals surface area contributed by atoms with Gasteiger partial charge in [-0.1, -0.05) is 19.3 Å². The third-order valence-electron chi connectivity index (χ3n) is 6.37. The summed E-state index contributed by atoms with van der Waals surface area (Å²) in [5, 5.41) is 0. The van der Waals surface area contributed by atoms with E-state index in [0.29, 0.717) is 24.0 Å². The van der Waals surface area contributed by atoms with Gasteiger partial charge in [-0.15, -0.1) is 0 Å². The molecular formula is C21H34BNO5S. The Morgan fingerprint density at radius 2 is 1.72 bits per heavy atom. The monoisotopic (exact) mass is 423 g/mol. The van der Waals surface area contributed by atoms with E-state index in [9.17, 15) is 8.42 Å². The SMILES string of the molecule is CCS(=O)(=O)Nc1ccc(OCC2CCCCC2)c(B2OC(C)(C)C(C)(C)O2)c1. The zero-order valence-electron chi connectivity index (χ0n) is 18.3. The predicted molar refractivity (Wildman–Crippen MR) is 117 cm³/mol. The molecule has 1 saturated heterocycles. The van der Waals surface area contributed by atoms with Crippen molar-refractivity contribution in [2.75, 3.05) is 17.1 Å². The molecule has 0 spiro atoms. The van der Waals surface area contributed by atoms with Crippen LogP contribution in [-0.4, -0.2) is 39.1 Å². The van der Waals surface area contributed by atoms with Crippen LogP contribution in [0.3, 0.4) is 0 Å². The normalized spacial score (nSPS) is 21.9. The molecule has 162 valence electrons. The van der Waals surface area contributed by atoms with Gasteiger partial charge < -0.3 is 14.0 Å². The molecule has 1 saturated carbocycles. The van der Waals surface area contributed by atoms with Crippen LogP contribution in [0.1, 0.15) is 66.7 Å². The summed E-state index contributed by atoms with van der Waals surface area (Å²) < 4.78 is 45.3. The highest BCUT2D eigenvalue weighted by atomic mass is 32.2. The Bertz CT molecular complexity index is 802. The Labute approximate surface area is 175 Å². The largest absolute Gasteiger partial charge is 0.498 e. The summed E-state index contributed by atoms with van der Waals surface area (Å²) in [6.45, 7) is 10.3. The minimum absolute atomic E-state index is 0.0127. The summed E-state index contributed by atoms with van der Waals surface area (Å²) in [7, 11) is -3.99. The van der Waals surface area contributed by atoms with Gasteiger partial charge >= 0.3 is 7.12 Å². The van der Waals surface area contributed by atoms with Gasteiger partial charge in [0.05, 0.1) is 23.6 Å².